The van der Waals surface area contributed by atoms with Gasteiger partial charge in [-0.2, -0.15) is 11.3 Å². The number of hydrogen-bond donors (Lipinski definition) is 3. The number of hydrogen-bond acceptors (Lipinski definition) is 3. The van der Waals surface area contributed by atoms with Crippen molar-refractivity contribution in [2.45, 2.75) is 26.4 Å². The van der Waals surface area contributed by atoms with Crippen LogP contribution in [-0.2, 0) is 5.60 Å². The van der Waals surface area contributed by atoms with Crippen LogP contribution < -0.4 is 10.6 Å². The summed E-state index contributed by atoms with van der Waals surface area (Å²) >= 11 is 1.53. The molecule has 0 bridgehead atoms. The zero-order valence-corrected chi connectivity index (χ0v) is 11.3. The maximum Gasteiger partial charge on any atom is 0.314 e. The SMILES string of the molecule is CC(C)CNC(=O)NCC(C)(O)c1ccsc1. The summed E-state index contributed by atoms with van der Waals surface area (Å²) in [6, 6.07) is 1.62. The first-order valence-corrected chi connectivity index (χ1v) is 6.63. The Hall–Kier alpha value is -1.07. The molecule has 0 aromatic carbocycles. The molecule has 1 unspecified atom stereocenters. The lowest BCUT2D eigenvalue weighted by Gasteiger charge is -2.23. The van der Waals surface area contributed by atoms with Crippen LogP contribution in [0.5, 0.6) is 0 Å². The maximum absolute atomic E-state index is 11.4. The van der Waals surface area contributed by atoms with Crippen LogP contribution >= 0.6 is 11.3 Å². The summed E-state index contributed by atoms with van der Waals surface area (Å²) in [6.07, 6.45) is 0. The Kier molecular flexibility index (Phi) is 4.96. The second kappa shape index (κ2) is 6.02. The molecule has 1 heterocycles. The summed E-state index contributed by atoms with van der Waals surface area (Å²) in [5.41, 5.74) is -0.193. The summed E-state index contributed by atoms with van der Waals surface area (Å²) in [5.74, 6) is 0.415. The fourth-order valence-electron chi connectivity index (χ4n) is 1.28. The van der Waals surface area contributed by atoms with Gasteiger partial charge in [-0.25, -0.2) is 4.79 Å². The number of thiophene rings is 1. The first-order chi connectivity index (χ1) is 7.92. The van der Waals surface area contributed by atoms with E-state index in [0.29, 0.717) is 12.5 Å². The molecular weight excluding hydrogens is 236 g/mol. The number of aliphatic hydroxyl groups is 1. The standard InChI is InChI=1S/C12H20N2O2S/c1-9(2)6-13-11(15)14-8-12(3,16)10-4-5-17-7-10/h4-5,7,9,16H,6,8H2,1-3H3,(H2,13,14,15). The predicted octanol–water partition coefficient (Wildman–Crippen LogP) is 1.91. The van der Waals surface area contributed by atoms with Crippen molar-refractivity contribution in [3.05, 3.63) is 22.4 Å². The third-order valence-corrected chi connectivity index (χ3v) is 3.09. The van der Waals surface area contributed by atoms with Gasteiger partial charge in [0.1, 0.15) is 5.60 Å². The van der Waals surface area contributed by atoms with Crippen molar-refractivity contribution in [3.63, 3.8) is 0 Å². The summed E-state index contributed by atoms with van der Waals surface area (Å²) in [4.78, 5) is 11.4. The minimum atomic E-state index is -1.02. The molecule has 0 aliphatic carbocycles. The molecule has 0 saturated carbocycles. The van der Waals surface area contributed by atoms with Crippen LogP contribution in [0.15, 0.2) is 16.8 Å². The van der Waals surface area contributed by atoms with Crippen LogP contribution in [0.2, 0.25) is 0 Å². The molecule has 1 aromatic rings. The van der Waals surface area contributed by atoms with E-state index in [1.54, 1.807) is 6.92 Å². The third kappa shape index (κ3) is 4.75. The Morgan fingerprint density at radius 2 is 2.24 bits per heavy atom. The van der Waals surface area contributed by atoms with Crippen LogP contribution in [0, 0.1) is 5.92 Å². The highest BCUT2D eigenvalue weighted by Gasteiger charge is 2.23. The normalized spacial score (nSPS) is 14.4. The average molecular weight is 256 g/mol. The molecule has 1 atom stereocenters. The van der Waals surface area contributed by atoms with Gasteiger partial charge in [-0.3, -0.25) is 0 Å². The monoisotopic (exact) mass is 256 g/mol. The van der Waals surface area contributed by atoms with Crippen molar-refractivity contribution >= 4 is 17.4 Å². The third-order valence-electron chi connectivity index (χ3n) is 2.41. The fourth-order valence-corrected chi connectivity index (χ4v) is 2.07. The van der Waals surface area contributed by atoms with Crippen LogP contribution in [0.1, 0.15) is 26.3 Å². The van der Waals surface area contributed by atoms with Crippen LogP contribution in [0.4, 0.5) is 4.79 Å². The molecule has 0 radical (unpaired) electrons. The van der Waals surface area contributed by atoms with Gasteiger partial charge in [-0.05, 0) is 35.2 Å². The zero-order valence-electron chi connectivity index (χ0n) is 10.5. The summed E-state index contributed by atoms with van der Waals surface area (Å²) in [7, 11) is 0. The summed E-state index contributed by atoms with van der Waals surface area (Å²) in [5, 5.41) is 19.4. The summed E-state index contributed by atoms with van der Waals surface area (Å²) < 4.78 is 0. The number of amides is 2. The molecule has 17 heavy (non-hydrogen) atoms. The minimum absolute atomic E-state index is 0.202. The van der Waals surface area contributed by atoms with Gasteiger partial charge in [0.2, 0.25) is 0 Å². The topological polar surface area (TPSA) is 61.4 Å². The van der Waals surface area contributed by atoms with E-state index in [-0.39, 0.29) is 12.6 Å². The Morgan fingerprint density at radius 1 is 1.53 bits per heavy atom. The van der Waals surface area contributed by atoms with E-state index in [1.807, 2.05) is 30.7 Å². The highest BCUT2D eigenvalue weighted by molar-refractivity contribution is 7.08. The molecule has 0 spiro atoms. The molecule has 1 aromatic heterocycles. The van der Waals surface area contributed by atoms with Gasteiger partial charge in [0.15, 0.2) is 0 Å². The Bertz CT molecular complexity index is 347. The highest BCUT2D eigenvalue weighted by atomic mass is 32.1. The molecular formula is C12H20N2O2S. The number of nitrogens with one attached hydrogen (secondary N) is 2. The van der Waals surface area contributed by atoms with E-state index in [9.17, 15) is 9.90 Å². The largest absolute Gasteiger partial charge is 0.384 e. The quantitative estimate of drug-likeness (QED) is 0.753. The molecule has 0 aliphatic rings. The Morgan fingerprint density at radius 3 is 2.76 bits per heavy atom. The zero-order chi connectivity index (χ0) is 12.9. The second-order valence-corrected chi connectivity index (χ2v) is 5.52. The van der Waals surface area contributed by atoms with Gasteiger partial charge in [0, 0.05) is 6.54 Å². The minimum Gasteiger partial charge on any atom is -0.384 e. The lowest BCUT2D eigenvalue weighted by Crippen LogP contribution is -2.44. The van der Waals surface area contributed by atoms with Gasteiger partial charge < -0.3 is 15.7 Å². The molecule has 3 N–H and O–H groups in total. The van der Waals surface area contributed by atoms with Crippen molar-refractivity contribution in [1.29, 1.82) is 0 Å². The Labute approximate surface area is 106 Å². The smallest absolute Gasteiger partial charge is 0.314 e. The first kappa shape index (κ1) is 14.0. The first-order valence-electron chi connectivity index (χ1n) is 5.68. The van der Waals surface area contributed by atoms with Gasteiger partial charge in [0.05, 0.1) is 6.54 Å². The van der Waals surface area contributed by atoms with Crippen molar-refractivity contribution in [1.82, 2.24) is 10.6 Å². The number of rotatable bonds is 5. The lowest BCUT2D eigenvalue weighted by atomic mass is 9.99. The average Bonchev–Trinajstić information content (AvgIpc) is 2.77. The lowest BCUT2D eigenvalue weighted by molar-refractivity contribution is 0.0598. The van der Waals surface area contributed by atoms with Gasteiger partial charge in [-0.15, -0.1) is 0 Å². The van der Waals surface area contributed by atoms with E-state index in [0.717, 1.165) is 5.56 Å². The number of carbonyl (C=O) groups excluding carboxylic acids is 1. The van der Waals surface area contributed by atoms with Crippen LogP contribution in [0.25, 0.3) is 0 Å². The molecule has 0 fully saturated rings. The van der Waals surface area contributed by atoms with E-state index in [1.165, 1.54) is 11.3 Å². The second-order valence-electron chi connectivity index (χ2n) is 4.74. The van der Waals surface area contributed by atoms with Crippen molar-refractivity contribution in [2.24, 2.45) is 5.92 Å². The van der Waals surface area contributed by atoms with Crippen molar-refractivity contribution in [2.75, 3.05) is 13.1 Å². The number of urea groups is 1. The van der Waals surface area contributed by atoms with Gasteiger partial charge in [-0.1, -0.05) is 13.8 Å². The van der Waals surface area contributed by atoms with Gasteiger partial charge in [0.25, 0.3) is 0 Å². The van der Waals surface area contributed by atoms with Gasteiger partial charge >= 0.3 is 6.03 Å². The van der Waals surface area contributed by atoms with E-state index >= 15 is 0 Å². The molecule has 0 aliphatic heterocycles. The molecule has 96 valence electrons. The highest BCUT2D eigenvalue weighted by Crippen LogP contribution is 2.21. The number of carbonyl (C=O) groups is 1. The van der Waals surface area contributed by atoms with Crippen LogP contribution in [0.3, 0.4) is 0 Å². The fraction of sp³-hybridized carbons (Fsp3) is 0.583. The Balaban J connectivity index is 2.37. The van der Waals surface area contributed by atoms with E-state index in [2.05, 4.69) is 10.6 Å². The maximum atomic E-state index is 11.4. The molecule has 5 heteroatoms. The molecule has 0 saturated heterocycles. The van der Waals surface area contributed by atoms with E-state index in [4.69, 9.17) is 0 Å². The summed E-state index contributed by atoms with van der Waals surface area (Å²) in [6.45, 7) is 6.58. The molecule has 1 rings (SSSR count). The van der Waals surface area contributed by atoms with Crippen molar-refractivity contribution in [3.8, 4) is 0 Å². The van der Waals surface area contributed by atoms with Crippen molar-refractivity contribution < 1.29 is 9.90 Å². The molecule has 2 amide bonds. The predicted molar refractivity (Wildman–Crippen MR) is 70.1 cm³/mol. The van der Waals surface area contributed by atoms with E-state index < -0.39 is 5.60 Å². The molecule has 4 nitrogen and oxygen atoms in total. The van der Waals surface area contributed by atoms with Crippen LogP contribution in [-0.4, -0.2) is 24.2 Å².